The first-order chi connectivity index (χ1) is 7.88. The number of hydrogen-bond donors (Lipinski definition) is 0. The predicted octanol–water partition coefficient (Wildman–Crippen LogP) is 4.14. The van der Waals surface area contributed by atoms with Crippen LogP contribution in [-0.2, 0) is 9.84 Å². The molecule has 0 amide bonds. The van der Waals surface area contributed by atoms with Crippen LogP contribution in [0.1, 0.15) is 10.4 Å². The van der Waals surface area contributed by atoms with Gasteiger partial charge in [0.2, 0.25) is 0 Å². The van der Waals surface area contributed by atoms with E-state index < -0.39 is 9.84 Å². The first-order valence-electron chi connectivity index (χ1n) is 4.86. The number of fused-ring (bicyclic) bond motifs is 1. The lowest BCUT2D eigenvalue weighted by molar-refractivity contribution is 0.601. The summed E-state index contributed by atoms with van der Waals surface area (Å²) in [7, 11) is -2.98. The van der Waals surface area contributed by atoms with Crippen LogP contribution >= 0.6 is 43.2 Å². The van der Waals surface area contributed by atoms with E-state index in [-0.39, 0.29) is 10.6 Å². The van der Waals surface area contributed by atoms with E-state index in [9.17, 15) is 8.42 Å². The van der Waals surface area contributed by atoms with Crippen LogP contribution in [0.15, 0.2) is 28.1 Å². The van der Waals surface area contributed by atoms with Crippen molar-refractivity contribution >= 4 is 63.1 Å². The smallest absolute Gasteiger partial charge is 0.148 e. The highest BCUT2D eigenvalue weighted by atomic mass is 79.9. The molecule has 1 unspecified atom stereocenters. The van der Waals surface area contributed by atoms with Gasteiger partial charge in [-0.1, -0.05) is 28.1 Å². The van der Waals surface area contributed by atoms with E-state index in [0.29, 0.717) is 0 Å². The van der Waals surface area contributed by atoms with Crippen LogP contribution < -0.4 is 0 Å². The first kappa shape index (κ1) is 13.5. The Morgan fingerprint density at radius 3 is 2.76 bits per heavy atom. The Hall–Kier alpha value is 0.0900. The van der Waals surface area contributed by atoms with Crippen molar-refractivity contribution in [2.24, 2.45) is 0 Å². The quantitative estimate of drug-likeness (QED) is 0.729. The fourth-order valence-corrected chi connectivity index (χ4v) is 6.02. The van der Waals surface area contributed by atoms with Crippen molar-refractivity contribution in [3.63, 3.8) is 0 Å². The standard InChI is InChI=1S/C11H10Br2O2S2/c1-17(14,15)6-10(13)8-5-16-11-7(8)3-2-4-9(11)12/h2-5,10H,6H2,1H3. The Morgan fingerprint density at radius 1 is 1.41 bits per heavy atom. The molecule has 0 radical (unpaired) electrons. The molecule has 0 fully saturated rings. The monoisotopic (exact) mass is 396 g/mol. The van der Waals surface area contributed by atoms with Crippen LogP contribution in [0.5, 0.6) is 0 Å². The van der Waals surface area contributed by atoms with E-state index in [1.54, 1.807) is 11.3 Å². The number of thiophene rings is 1. The summed E-state index contributed by atoms with van der Waals surface area (Å²) in [6, 6.07) is 5.97. The van der Waals surface area contributed by atoms with Crippen molar-refractivity contribution in [1.29, 1.82) is 0 Å². The van der Waals surface area contributed by atoms with E-state index in [1.807, 2.05) is 23.6 Å². The highest BCUT2D eigenvalue weighted by molar-refractivity contribution is 9.10. The molecule has 0 aliphatic carbocycles. The number of benzene rings is 1. The van der Waals surface area contributed by atoms with Crippen LogP contribution in [0.4, 0.5) is 0 Å². The Bertz CT molecular complexity index is 647. The van der Waals surface area contributed by atoms with Gasteiger partial charge in [0, 0.05) is 15.4 Å². The molecular formula is C11H10Br2O2S2. The van der Waals surface area contributed by atoms with E-state index in [2.05, 4.69) is 31.9 Å². The number of sulfone groups is 1. The minimum absolute atomic E-state index is 0.116. The zero-order valence-electron chi connectivity index (χ0n) is 8.98. The van der Waals surface area contributed by atoms with Crippen molar-refractivity contribution in [2.75, 3.05) is 12.0 Å². The van der Waals surface area contributed by atoms with Crippen molar-refractivity contribution in [1.82, 2.24) is 0 Å². The van der Waals surface area contributed by atoms with E-state index in [4.69, 9.17) is 0 Å². The normalized spacial score (nSPS) is 14.1. The average molecular weight is 398 g/mol. The molecular weight excluding hydrogens is 388 g/mol. The van der Waals surface area contributed by atoms with Gasteiger partial charge in [0.25, 0.3) is 0 Å². The molecule has 0 saturated carbocycles. The Labute approximate surface area is 121 Å². The second-order valence-electron chi connectivity index (χ2n) is 3.87. The Morgan fingerprint density at radius 2 is 2.12 bits per heavy atom. The molecule has 1 aromatic heterocycles. The molecule has 0 spiro atoms. The molecule has 0 N–H and O–H groups in total. The summed E-state index contributed by atoms with van der Waals surface area (Å²) < 4.78 is 24.8. The molecule has 1 atom stereocenters. The maximum absolute atomic E-state index is 11.3. The van der Waals surface area contributed by atoms with E-state index in [0.717, 1.165) is 20.1 Å². The summed E-state index contributed by atoms with van der Waals surface area (Å²) >= 11 is 8.58. The average Bonchev–Trinajstić information content (AvgIpc) is 2.60. The fraction of sp³-hybridized carbons (Fsp3) is 0.273. The maximum atomic E-state index is 11.3. The molecule has 0 aliphatic heterocycles. The van der Waals surface area contributed by atoms with Crippen LogP contribution in [0.3, 0.4) is 0 Å². The van der Waals surface area contributed by atoms with Gasteiger partial charge in [-0.2, -0.15) is 0 Å². The molecule has 2 nitrogen and oxygen atoms in total. The van der Waals surface area contributed by atoms with Crippen molar-refractivity contribution in [2.45, 2.75) is 4.83 Å². The van der Waals surface area contributed by atoms with Crippen LogP contribution in [-0.4, -0.2) is 20.4 Å². The van der Waals surface area contributed by atoms with Crippen molar-refractivity contribution < 1.29 is 8.42 Å². The van der Waals surface area contributed by atoms with Gasteiger partial charge < -0.3 is 0 Å². The number of hydrogen-bond acceptors (Lipinski definition) is 3. The zero-order chi connectivity index (χ0) is 12.6. The third kappa shape index (κ3) is 3.10. The summed E-state index contributed by atoms with van der Waals surface area (Å²) in [6.45, 7) is 0. The molecule has 2 rings (SSSR count). The minimum atomic E-state index is -2.98. The predicted molar refractivity (Wildman–Crippen MR) is 80.9 cm³/mol. The molecule has 0 bridgehead atoms. The van der Waals surface area contributed by atoms with Crippen LogP contribution in [0, 0.1) is 0 Å². The highest BCUT2D eigenvalue weighted by Gasteiger charge is 2.18. The van der Waals surface area contributed by atoms with Gasteiger partial charge in [-0.15, -0.1) is 11.3 Å². The van der Waals surface area contributed by atoms with Crippen molar-refractivity contribution in [3.05, 3.63) is 33.6 Å². The maximum Gasteiger partial charge on any atom is 0.148 e. The lowest BCUT2D eigenvalue weighted by Gasteiger charge is -2.07. The molecule has 17 heavy (non-hydrogen) atoms. The summed E-state index contributed by atoms with van der Waals surface area (Å²) in [5.74, 6) is 0.116. The lowest BCUT2D eigenvalue weighted by atomic mass is 10.1. The fourth-order valence-electron chi connectivity index (χ4n) is 1.64. The number of rotatable bonds is 3. The van der Waals surface area contributed by atoms with Crippen LogP contribution in [0.25, 0.3) is 10.1 Å². The second-order valence-corrected chi connectivity index (χ2v) is 8.89. The summed E-state index contributed by atoms with van der Waals surface area (Å²) in [4.78, 5) is -0.152. The van der Waals surface area contributed by atoms with Crippen LogP contribution in [0.2, 0.25) is 0 Å². The molecule has 92 valence electrons. The van der Waals surface area contributed by atoms with Crippen molar-refractivity contribution in [3.8, 4) is 0 Å². The molecule has 6 heteroatoms. The zero-order valence-corrected chi connectivity index (χ0v) is 13.8. The van der Waals surface area contributed by atoms with E-state index >= 15 is 0 Å². The molecule has 2 aromatic rings. The summed E-state index contributed by atoms with van der Waals surface area (Å²) in [5, 5.41) is 3.12. The van der Waals surface area contributed by atoms with Gasteiger partial charge in [-0.3, -0.25) is 0 Å². The Balaban J connectivity index is 2.46. The molecule has 1 aromatic carbocycles. The van der Waals surface area contributed by atoms with Gasteiger partial charge in [0.05, 0.1) is 10.6 Å². The van der Waals surface area contributed by atoms with Gasteiger partial charge in [-0.25, -0.2) is 8.42 Å². The number of halogens is 2. The molecule has 0 saturated heterocycles. The van der Waals surface area contributed by atoms with Gasteiger partial charge in [0.15, 0.2) is 0 Å². The third-order valence-electron chi connectivity index (χ3n) is 2.37. The first-order valence-corrected chi connectivity index (χ1v) is 9.51. The highest BCUT2D eigenvalue weighted by Crippen LogP contribution is 2.38. The third-order valence-corrected chi connectivity index (χ3v) is 6.52. The Kier molecular flexibility index (Phi) is 3.97. The van der Waals surface area contributed by atoms with Gasteiger partial charge in [-0.05, 0) is 38.3 Å². The SMILES string of the molecule is CS(=O)(=O)CC(Br)c1csc2c(Br)cccc12. The van der Waals surface area contributed by atoms with Gasteiger partial charge in [0.1, 0.15) is 9.84 Å². The van der Waals surface area contributed by atoms with Gasteiger partial charge >= 0.3 is 0 Å². The second kappa shape index (κ2) is 4.99. The molecule has 0 aliphatic rings. The topological polar surface area (TPSA) is 34.1 Å². The summed E-state index contributed by atoms with van der Waals surface area (Å²) in [6.07, 6.45) is 1.26. The molecule has 1 heterocycles. The minimum Gasteiger partial charge on any atom is -0.229 e. The lowest BCUT2D eigenvalue weighted by Crippen LogP contribution is -2.08. The largest absolute Gasteiger partial charge is 0.229 e. The number of alkyl halides is 1. The summed E-state index contributed by atoms with van der Waals surface area (Å²) in [5.41, 5.74) is 1.04. The van der Waals surface area contributed by atoms with E-state index in [1.165, 1.54) is 6.26 Å².